The van der Waals surface area contributed by atoms with E-state index in [1.165, 1.54) is 11.8 Å². The molecule has 0 spiro atoms. The van der Waals surface area contributed by atoms with Crippen LogP contribution >= 0.6 is 23.4 Å². The Balaban J connectivity index is 2.72. The standard InChI is InChI=1S/C19H26ClN3O4S/c1-4-26-17(24)8-6-7-16(18(25)27-5-2)22-23-19(28-3)21-13-14-9-11-15(20)12-10-14/h9-12H,4-8,13H2,1-3H3,(H,21,23)/b22-16-. The highest BCUT2D eigenvalue weighted by atomic mass is 35.5. The van der Waals surface area contributed by atoms with Crippen molar-refractivity contribution < 1.29 is 19.1 Å². The predicted octanol–water partition coefficient (Wildman–Crippen LogP) is 3.80. The molecule has 0 saturated carbocycles. The summed E-state index contributed by atoms with van der Waals surface area (Å²) in [5.74, 6) is -0.815. The van der Waals surface area contributed by atoms with Gasteiger partial charge in [-0.25, -0.2) is 4.79 Å². The summed E-state index contributed by atoms with van der Waals surface area (Å²) in [5.41, 5.74) is 4.02. The van der Waals surface area contributed by atoms with Crippen LogP contribution < -0.4 is 5.43 Å². The number of hydrazone groups is 1. The van der Waals surface area contributed by atoms with Gasteiger partial charge in [0.15, 0.2) is 5.17 Å². The summed E-state index contributed by atoms with van der Waals surface area (Å²) in [6.07, 6.45) is 2.80. The number of ether oxygens (including phenoxy) is 2. The van der Waals surface area contributed by atoms with Crippen molar-refractivity contribution in [2.24, 2.45) is 10.1 Å². The Bertz CT molecular complexity index is 693. The number of hydrogen-bond donors (Lipinski definition) is 1. The van der Waals surface area contributed by atoms with Crippen LogP contribution in [0.5, 0.6) is 0 Å². The van der Waals surface area contributed by atoms with E-state index >= 15 is 0 Å². The number of carbonyl (C=O) groups excluding carboxylic acids is 2. The smallest absolute Gasteiger partial charge is 0.354 e. The summed E-state index contributed by atoms with van der Waals surface area (Å²) in [6, 6.07) is 7.40. The second-order valence-corrected chi connectivity index (χ2v) is 6.73. The van der Waals surface area contributed by atoms with Gasteiger partial charge in [-0.15, -0.1) is 0 Å². The molecule has 9 heteroatoms. The van der Waals surface area contributed by atoms with Crippen LogP contribution in [0.4, 0.5) is 0 Å². The van der Waals surface area contributed by atoms with Crippen molar-refractivity contribution in [3.05, 3.63) is 34.9 Å². The highest BCUT2D eigenvalue weighted by molar-refractivity contribution is 8.13. The summed E-state index contributed by atoms with van der Waals surface area (Å²) >= 11 is 7.25. The van der Waals surface area contributed by atoms with Crippen molar-refractivity contribution in [1.82, 2.24) is 5.43 Å². The molecule has 0 radical (unpaired) electrons. The number of benzene rings is 1. The van der Waals surface area contributed by atoms with E-state index in [0.29, 0.717) is 36.2 Å². The maximum Gasteiger partial charge on any atom is 0.354 e. The second-order valence-electron chi connectivity index (χ2n) is 5.50. The van der Waals surface area contributed by atoms with Gasteiger partial charge in [-0.1, -0.05) is 35.5 Å². The number of aliphatic imine (C=N–C) groups is 1. The molecule has 0 heterocycles. The minimum Gasteiger partial charge on any atom is -0.466 e. The zero-order chi connectivity index (χ0) is 20.8. The van der Waals surface area contributed by atoms with E-state index in [9.17, 15) is 9.59 Å². The lowest BCUT2D eigenvalue weighted by Crippen LogP contribution is -2.24. The Kier molecular flexibility index (Phi) is 12.0. The normalized spacial score (nSPS) is 11.9. The molecule has 0 atom stereocenters. The summed E-state index contributed by atoms with van der Waals surface area (Å²) in [5, 5.41) is 5.38. The summed E-state index contributed by atoms with van der Waals surface area (Å²) in [6.45, 7) is 4.51. The van der Waals surface area contributed by atoms with Crippen molar-refractivity contribution in [3.63, 3.8) is 0 Å². The molecule has 0 aliphatic carbocycles. The van der Waals surface area contributed by atoms with Gasteiger partial charge in [0.1, 0.15) is 5.71 Å². The van der Waals surface area contributed by atoms with Crippen molar-refractivity contribution in [2.45, 2.75) is 39.7 Å². The van der Waals surface area contributed by atoms with Gasteiger partial charge in [-0.05, 0) is 50.6 Å². The molecule has 0 unspecified atom stereocenters. The van der Waals surface area contributed by atoms with E-state index in [0.717, 1.165) is 5.56 Å². The van der Waals surface area contributed by atoms with E-state index in [1.807, 2.05) is 18.4 Å². The lowest BCUT2D eigenvalue weighted by molar-refractivity contribution is -0.143. The SMILES string of the molecule is CCOC(=O)CCC/C(=N/NC(=NCc1ccc(Cl)cc1)SC)C(=O)OCC. The zero-order valence-corrected chi connectivity index (χ0v) is 17.9. The van der Waals surface area contributed by atoms with Crippen LogP contribution in [-0.4, -0.2) is 42.3 Å². The van der Waals surface area contributed by atoms with Gasteiger partial charge >= 0.3 is 11.9 Å². The first-order chi connectivity index (χ1) is 13.5. The number of thioether (sulfide) groups is 1. The van der Waals surface area contributed by atoms with E-state index in [2.05, 4.69) is 15.5 Å². The first kappa shape index (κ1) is 24.0. The molecule has 1 aromatic carbocycles. The summed E-state index contributed by atoms with van der Waals surface area (Å²) < 4.78 is 9.92. The fourth-order valence-corrected chi connectivity index (χ4v) is 2.52. The van der Waals surface area contributed by atoms with Crippen LogP contribution in [-0.2, 0) is 25.6 Å². The van der Waals surface area contributed by atoms with Crippen LogP contribution in [0.25, 0.3) is 0 Å². The molecule has 1 rings (SSSR count). The Labute approximate surface area is 174 Å². The molecule has 28 heavy (non-hydrogen) atoms. The Morgan fingerprint density at radius 1 is 1.11 bits per heavy atom. The highest BCUT2D eigenvalue weighted by Gasteiger charge is 2.14. The van der Waals surface area contributed by atoms with Gasteiger partial charge in [0.05, 0.1) is 19.8 Å². The Hall–Kier alpha value is -2.06. The molecule has 0 aliphatic rings. The second kappa shape index (κ2) is 14.0. The van der Waals surface area contributed by atoms with Gasteiger partial charge in [-0.2, -0.15) is 5.10 Å². The van der Waals surface area contributed by atoms with Gasteiger partial charge in [-0.3, -0.25) is 15.2 Å². The predicted molar refractivity (Wildman–Crippen MR) is 114 cm³/mol. The third-order valence-electron chi connectivity index (χ3n) is 3.41. The van der Waals surface area contributed by atoms with Crippen LogP contribution in [0.2, 0.25) is 5.02 Å². The highest BCUT2D eigenvalue weighted by Crippen LogP contribution is 2.11. The molecule has 0 aromatic heterocycles. The average Bonchev–Trinajstić information content (AvgIpc) is 2.68. The van der Waals surface area contributed by atoms with Crippen LogP contribution in [0.3, 0.4) is 0 Å². The number of halogens is 1. The lowest BCUT2D eigenvalue weighted by Gasteiger charge is -2.08. The molecular formula is C19H26ClN3O4S. The van der Waals surface area contributed by atoms with Crippen LogP contribution in [0, 0.1) is 0 Å². The minimum atomic E-state index is -0.517. The molecule has 0 aliphatic heterocycles. The third-order valence-corrected chi connectivity index (χ3v) is 4.27. The number of esters is 2. The molecule has 0 amide bonds. The topological polar surface area (TPSA) is 89.4 Å². The number of nitrogens with one attached hydrogen (secondary N) is 1. The molecular weight excluding hydrogens is 402 g/mol. The first-order valence-corrected chi connectivity index (χ1v) is 10.6. The maximum atomic E-state index is 12.1. The fourth-order valence-electron chi connectivity index (χ4n) is 2.07. The molecule has 1 aromatic rings. The van der Waals surface area contributed by atoms with Crippen molar-refractivity contribution in [1.29, 1.82) is 0 Å². The average molecular weight is 428 g/mol. The van der Waals surface area contributed by atoms with Crippen LogP contribution in [0.15, 0.2) is 34.4 Å². The third kappa shape index (κ3) is 9.75. The Morgan fingerprint density at radius 3 is 2.39 bits per heavy atom. The lowest BCUT2D eigenvalue weighted by atomic mass is 10.1. The minimum absolute atomic E-state index is 0.208. The van der Waals surface area contributed by atoms with Gasteiger partial charge in [0.25, 0.3) is 0 Å². The van der Waals surface area contributed by atoms with E-state index < -0.39 is 5.97 Å². The van der Waals surface area contributed by atoms with Gasteiger partial charge in [0, 0.05) is 11.4 Å². The number of amidine groups is 1. The molecule has 1 N–H and O–H groups in total. The van der Waals surface area contributed by atoms with Gasteiger partial charge < -0.3 is 9.47 Å². The van der Waals surface area contributed by atoms with Crippen LogP contribution in [0.1, 0.15) is 38.7 Å². The fraction of sp³-hybridized carbons (Fsp3) is 0.474. The zero-order valence-electron chi connectivity index (χ0n) is 16.4. The summed E-state index contributed by atoms with van der Waals surface area (Å²) in [4.78, 5) is 28.0. The summed E-state index contributed by atoms with van der Waals surface area (Å²) in [7, 11) is 0. The number of hydrogen-bond acceptors (Lipinski definition) is 7. The van der Waals surface area contributed by atoms with Crippen molar-refractivity contribution in [3.8, 4) is 0 Å². The molecule has 154 valence electrons. The van der Waals surface area contributed by atoms with Gasteiger partial charge in [0.2, 0.25) is 0 Å². The largest absolute Gasteiger partial charge is 0.466 e. The number of carbonyl (C=O) groups is 2. The number of nitrogens with zero attached hydrogens (tertiary/aromatic N) is 2. The molecule has 0 fully saturated rings. The quantitative estimate of drug-likeness (QED) is 0.264. The van der Waals surface area contributed by atoms with Crippen molar-refractivity contribution in [2.75, 3.05) is 19.5 Å². The van der Waals surface area contributed by atoms with E-state index in [-0.39, 0.29) is 24.7 Å². The first-order valence-electron chi connectivity index (χ1n) is 8.98. The maximum absolute atomic E-state index is 12.1. The van der Waals surface area contributed by atoms with Crippen molar-refractivity contribution >= 4 is 46.2 Å². The van der Waals surface area contributed by atoms with E-state index in [1.54, 1.807) is 26.0 Å². The Morgan fingerprint density at radius 2 is 1.79 bits per heavy atom. The molecule has 0 bridgehead atoms. The molecule has 7 nitrogen and oxygen atoms in total. The molecule has 0 saturated heterocycles. The van der Waals surface area contributed by atoms with E-state index in [4.69, 9.17) is 21.1 Å². The monoisotopic (exact) mass is 427 g/mol. The number of rotatable bonds is 10.